The summed E-state index contributed by atoms with van der Waals surface area (Å²) >= 11 is 12.0. The van der Waals surface area contributed by atoms with Crippen LogP contribution in [0.3, 0.4) is 0 Å². The molecular weight excluding hydrogens is 580 g/mol. The number of amides is 2. The first-order valence-corrected chi connectivity index (χ1v) is 14.6. The molecule has 212 valence electrons. The Morgan fingerprint density at radius 1 is 1.15 bits per heavy atom. The summed E-state index contributed by atoms with van der Waals surface area (Å²) in [6.07, 6.45) is -0.961. The molecule has 1 saturated carbocycles. The van der Waals surface area contributed by atoms with Crippen LogP contribution in [-0.2, 0) is 19.8 Å². The number of anilines is 1. The highest BCUT2D eigenvalue weighted by Crippen LogP contribution is 2.39. The number of alkyl halides is 3. The Kier molecular flexibility index (Phi) is 9.12. The molecule has 2 aromatic rings. The highest BCUT2D eigenvalue weighted by molar-refractivity contribution is 7.87. The van der Waals surface area contributed by atoms with Crippen molar-refractivity contribution < 1.29 is 31.2 Å². The van der Waals surface area contributed by atoms with Crippen LogP contribution in [0, 0.1) is 11.7 Å². The number of hydrogen-bond donors (Lipinski definition) is 2. The lowest BCUT2D eigenvalue weighted by Crippen LogP contribution is -2.54. The summed E-state index contributed by atoms with van der Waals surface area (Å²) in [5.41, 5.74) is 0.229. The normalized spacial score (nSPS) is 20.3. The molecule has 2 aliphatic rings. The minimum atomic E-state index is -3.91. The van der Waals surface area contributed by atoms with Crippen LogP contribution in [0.1, 0.15) is 30.9 Å². The van der Waals surface area contributed by atoms with Crippen molar-refractivity contribution >= 4 is 50.9 Å². The van der Waals surface area contributed by atoms with Crippen molar-refractivity contribution in [3.05, 3.63) is 64.9 Å². The van der Waals surface area contributed by atoms with E-state index in [9.17, 15) is 31.2 Å². The van der Waals surface area contributed by atoms with Gasteiger partial charge in [0.15, 0.2) is 0 Å². The third kappa shape index (κ3) is 6.86. The van der Waals surface area contributed by atoms with E-state index in [2.05, 4.69) is 10.0 Å². The van der Waals surface area contributed by atoms with E-state index >= 15 is 0 Å². The summed E-state index contributed by atoms with van der Waals surface area (Å²) in [4.78, 5) is 28.8. The first kappa shape index (κ1) is 29.6. The fourth-order valence-corrected chi connectivity index (χ4v) is 6.48. The molecule has 0 aromatic heterocycles. The van der Waals surface area contributed by atoms with Gasteiger partial charge in [-0.25, -0.2) is 17.9 Å². The summed E-state index contributed by atoms with van der Waals surface area (Å²) < 4.78 is 70.0. The van der Waals surface area contributed by atoms with Gasteiger partial charge in [0.1, 0.15) is 11.9 Å². The summed E-state index contributed by atoms with van der Waals surface area (Å²) in [5, 5.41) is 2.70. The zero-order valence-corrected chi connectivity index (χ0v) is 23.0. The van der Waals surface area contributed by atoms with Crippen LogP contribution in [-0.4, -0.2) is 62.0 Å². The number of rotatable bonds is 10. The maximum absolute atomic E-state index is 14.4. The third-order valence-electron chi connectivity index (χ3n) is 6.69. The van der Waals surface area contributed by atoms with Crippen LogP contribution in [0.5, 0.6) is 0 Å². The standard InChI is InChI=1S/C25H27Cl2F3N4O4S/c26-9-10-31-39(37,38)33-11-8-16(15-33)24(36)34(19-5-3-4-17(28)12-19)22(20-6-1-2-7-21(20)27)23(35)32-18-13-25(29,30)14-18/h1-7,12,16,18,22,31H,8-11,13-15H2,(H,32,35)/t16-,22?/m0/s1. The lowest BCUT2D eigenvalue weighted by molar-refractivity contribution is -0.133. The predicted molar refractivity (Wildman–Crippen MR) is 142 cm³/mol. The Bertz CT molecular complexity index is 1330. The molecule has 2 atom stereocenters. The van der Waals surface area contributed by atoms with Crippen molar-refractivity contribution in [3.8, 4) is 0 Å². The number of halogens is 5. The van der Waals surface area contributed by atoms with Gasteiger partial charge in [-0.15, -0.1) is 11.6 Å². The van der Waals surface area contributed by atoms with E-state index < -0.39 is 64.6 Å². The van der Waals surface area contributed by atoms with E-state index in [-0.39, 0.29) is 48.2 Å². The van der Waals surface area contributed by atoms with E-state index in [0.29, 0.717) is 0 Å². The molecule has 0 bridgehead atoms. The van der Waals surface area contributed by atoms with Crippen molar-refractivity contribution in [2.45, 2.75) is 37.3 Å². The zero-order valence-electron chi connectivity index (χ0n) is 20.6. The summed E-state index contributed by atoms with van der Waals surface area (Å²) in [6, 6.07) is 9.01. The van der Waals surface area contributed by atoms with E-state index in [1.807, 2.05) is 0 Å². The van der Waals surface area contributed by atoms with Crippen LogP contribution in [0.2, 0.25) is 5.02 Å². The lowest BCUT2D eigenvalue weighted by Gasteiger charge is -2.38. The van der Waals surface area contributed by atoms with Gasteiger partial charge in [0.05, 0.1) is 5.92 Å². The molecule has 4 rings (SSSR count). The number of nitrogens with zero attached hydrogens (tertiary/aromatic N) is 2. The van der Waals surface area contributed by atoms with E-state index in [1.54, 1.807) is 12.1 Å². The van der Waals surface area contributed by atoms with Gasteiger partial charge in [0.2, 0.25) is 11.8 Å². The van der Waals surface area contributed by atoms with Gasteiger partial charge in [0, 0.05) is 60.7 Å². The molecule has 0 radical (unpaired) electrons. The Labute approximate surface area is 234 Å². The van der Waals surface area contributed by atoms with Crippen LogP contribution in [0.15, 0.2) is 48.5 Å². The van der Waals surface area contributed by atoms with Gasteiger partial charge in [0.25, 0.3) is 16.1 Å². The van der Waals surface area contributed by atoms with Crippen LogP contribution in [0.25, 0.3) is 0 Å². The van der Waals surface area contributed by atoms with Gasteiger partial charge in [-0.1, -0.05) is 35.9 Å². The third-order valence-corrected chi connectivity index (χ3v) is 8.80. The lowest BCUT2D eigenvalue weighted by atomic mass is 9.87. The molecule has 2 amide bonds. The number of carbonyl (C=O) groups is 2. The van der Waals surface area contributed by atoms with Gasteiger partial charge < -0.3 is 5.32 Å². The smallest absolute Gasteiger partial charge is 0.279 e. The Hall–Kier alpha value is -2.38. The molecular formula is C25H27Cl2F3N4O4S. The fraction of sp³-hybridized carbons (Fsp3) is 0.440. The second-order valence-electron chi connectivity index (χ2n) is 9.51. The highest BCUT2D eigenvalue weighted by Gasteiger charge is 2.48. The molecule has 8 nitrogen and oxygen atoms in total. The van der Waals surface area contributed by atoms with Crippen molar-refractivity contribution in [1.82, 2.24) is 14.3 Å². The fourth-order valence-electron chi connectivity index (χ4n) is 4.77. The SMILES string of the molecule is O=C(NC1CC(F)(F)C1)C(c1ccccc1Cl)N(C(=O)[C@H]1CCN(S(=O)(=O)NCCCl)C1)c1cccc(F)c1. The van der Waals surface area contributed by atoms with Gasteiger partial charge >= 0.3 is 0 Å². The molecule has 2 N–H and O–H groups in total. The van der Waals surface area contributed by atoms with Crippen LogP contribution < -0.4 is 14.9 Å². The number of carbonyl (C=O) groups excluding carboxylic acids is 2. The Morgan fingerprint density at radius 2 is 1.87 bits per heavy atom. The quantitative estimate of drug-likeness (QED) is 0.401. The van der Waals surface area contributed by atoms with Crippen molar-refractivity contribution in [1.29, 1.82) is 0 Å². The molecule has 1 aliphatic carbocycles. The largest absolute Gasteiger partial charge is 0.351 e. The molecule has 14 heteroatoms. The van der Waals surface area contributed by atoms with Crippen LogP contribution in [0.4, 0.5) is 18.9 Å². The predicted octanol–water partition coefficient (Wildman–Crippen LogP) is 3.86. The molecule has 1 aliphatic heterocycles. The first-order valence-electron chi connectivity index (χ1n) is 12.2. The van der Waals surface area contributed by atoms with Crippen LogP contribution >= 0.6 is 23.2 Å². The second-order valence-corrected chi connectivity index (χ2v) is 12.1. The molecule has 1 unspecified atom stereocenters. The molecule has 2 fully saturated rings. The maximum atomic E-state index is 14.4. The summed E-state index contributed by atoms with van der Waals surface area (Å²) in [7, 11) is -3.91. The van der Waals surface area contributed by atoms with Gasteiger partial charge in [-0.2, -0.15) is 12.7 Å². The average molecular weight is 607 g/mol. The molecule has 1 heterocycles. The Balaban J connectivity index is 1.71. The van der Waals surface area contributed by atoms with E-state index in [1.165, 1.54) is 30.3 Å². The molecule has 2 aromatic carbocycles. The topological polar surface area (TPSA) is 98.8 Å². The number of benzene rings is 2. The molecule has 1 saturated heterocycles. The zero-order chi connectivity index (χ0) is 28.4. The van der Waals surface area contributed by atoms with E-state index in [0.717, 1.165) is 15.3 Å². The summed E-state index contributed by atoms with van der Waals surface area (Å²) in [6.45, 7) is -0.150. The first-order chi connectivity index (χ1) is 18.4. The van der Waals surface area contributed by atoms with Crippen molar-refractivity contribution in [3.63, 3.8) is 0 Å². The molecule has 0 spiro atoms. The summed E-state index contributed by atoms with van der Waals surface area (Å²) in [5.74, 6) is -5.81. The minimum absolute atomic E-state index is 0.00336. The molecule has 39 heavy (non-hydrogen) atoms. The van der Waals surface area contributed by atoms with Crippen molar-refractivity contribution in [2.24, 2.45) is 5.92 Å². The minimum Gasteiger partial charge on any atom is -0.351 e. The highest BCUT2D eigenvalue weighted by atomic mass is 35.5. The Morgan fingerprint density at radius 3 is 2.51 bits per heavy atom. The van der Waals surface area contributed by atoms with Crippen molar-refractivity contribution in [2.75, 3.05) is 30.4 Å². The average Bonchev–Trinajstić information content (AvgIpc) is 3.37. The monoisotopic (exact) mass is 606 g/mol. The van der Waals surface area contributed by atoms with E-state index in [4.69, 9.17) is 23.2 Å². The van der Waals surface area contributed by atoms with Gasteiger partial charge in [-0.05, 0) is 30.7 Å². The number of nitrogens with one attached hydrogen (secondary N) is 2. The number of hydrogen-bond acceptors (Lipinski definition) is 4. The maximum Gasteiger partial charge on any atom is 0.279 e. The second kappa shape index (κ2) is 12.0. The van der Waals surface area contributed by atoms with Gasteiger partial charge in [-0.3, -0.25) is 14.5 Å².